The first-order chi connectivity index (χ1) is 13.6. The third-order valence-corrected chi connectivity index (χ3v) is 4.77. The van der Waals surface area contributed by atoms with Crippen molar-refractivity contribution in [2.45, 2.75) is 25.3 Å². The number of hydrogen-bond donors (Lipinski definition) is 2. The minimum absolute atomic E-state index is 0.0837. The molecule has 0 spiro atoms. The Balaban J connectivity index is 1.89. The molecule has 0 saturated carbocycles. The van der Waals surface area contributed by atoms with Gasteiger partial charge in [0.1, 0.15) is 5.82 Å². The number of ether oxygens (including phenoxy) is 1. The maximum absolute atomic E-state index is 13.7. The van der Waals surface area contributed by atoms with Gasteiger partial charge in [-0.05, 0) is 36.6 Å². The molecule has 1 aliphatic rings. The van der Waals surface area contributed by atoms with Crippen LogP contribution in [0.2, 0.25) is 5.28 Å². The van der Waals surface area contributed by atoms with Crippen LogP contribution in [-0.2, 0) is 4.74 Å². The first-order valence-electron chi connectivity index (χ1n) is 8.76. The summed E-state index contributed by atoms with van der Waals surface area (Å²) in [6.45, 7) is 1.23. The molecule has 1 aromatic carbocycles. The Labute approximate surface area is 164 Å². The summed E-state index contributed by atoms with van der Waals surface area (Å²) in [6, 6.07) is 6.84. The van der Waals surface area contributed by atoms with Gasteiger partial charge in [0, 0.05) is 25.5 Å². The first kappa shape index (κ1) is 18.7. The Morgan fingerprint density at radius 2 is 1.96 bits per heavy atom. The highest BCUT2D eigenvalue weighted by molar-refractivity contribution is 6.28. The molecule has 1 aliphatic heterocycles. The number of hydrogen-bond acceptors (Lipinski definition) is 6. The molecular formula is C18H17ClF2N6O. The van der Waals surface area contributed by atoms with Crippen LogP contribution in [0.5, 0.6) is 0 Å². The highest BCUT2D eigenvalue weighted by Gasteiger charge is 2.25. The van der Waals surface area contributed by atoms with Crippen molar-refractivity contribution in [3.05, 3.63) is 40.9 Å². The molecule has 3 heterocycles. The second-order valence-electron chi connectivity index (χ2n) is 6.35. The third-order valence-electron chi connectivity index (χ3n) is 4.60. The normalized spacial score (nSPS) is 15.3. The van der Waals surface area contributed by atoms with Gasteiger partial charge in [0.15, 0.2) is 11.6 Å². The van der Waals surface area contributed by atoms with Crippen molar-refractivity contribution in [3.63, 3.8) is 0 Å². The zero-order chi connectivity index (χ0) is 19.7. The van der Waals surface area contributed by atoms with Gasteiger partial charge in [-0.15, -0.1) is 0 Å². The molecule has 1 saturated heterocycles. The van der Waals surface area contributed by atoms with Gasteiger partial charge >= 0.3 is 0 Å². The van der Waals surface area contributed by atoms with Crippen molar-refractivity contribution in [2.75, 3.05) is 18.5 Å². The van der Waals surface area contributed by atoms with Crippen molar-refractivity contribution in [1.29, 1.82) is 5.41 Å². The Morgan fingerprint density at radius 1 is 1.21 bits per heavy atom. The molecule has 0 bridgehead atoms. The van der Waals surface area contributed by atoms with E-state index in [-0.39, 0.29) is 22.7 Å². The van der Waals surface area contributed by atoms with Crippen LogP contribution < -0.4 is 5.32 Å². The molecule has 4 rings (SSSR count). The summed E-state index contributed by atoms with van der Waals surface area (Å²) in [7, 11) is 0. The molecule has 2 N–H and O–H groups in total. The smallest absolute Gasteiger partial charge is 0.296 e. The lowest BCUT2D eigenvalue weighted by Crippen LogP contribution is -2.29. The van der Waals surface area contributed by atoms with E-state index in [1.54, 1.807) is 24.3 Å². The van der Waals surface area contributed by atoms with E-state index in [1.165, 1.54) is 4.57 Å². The summed E-state index contributed by atoms with van der Waals surface area (Å²) in [6.07, 6.45) is -0.251. The molecule has 0 atom stereocenters. The SMILES string of the molecule is N=Cc1c(NC2CCOCC2)nc(Cl)nc1-n1c(C(F)F)nc2ccccc21. The van der Waals surface area contributed by atoms with E-state index in [4.69, 9.17) is 21.7 Å². The monoisotopic (exact) mass is 406 g/mol. The lowest BCUT2D eigenvalue weighted by molar-refractivity contribution is 0.0904. The quantitative estimate of drug-likeness (QED) is 0.494. The van der Waals surface area contributed by atoms with Crippen LogP contribution in [0.1, 0.15) is 30.7 Å². The van der Waals surface area contributed by atoms with Crippen LogP contribution in [0.3, 0.4) is 0 Å². The van der Waals surface area contributed by atoms with Crippen LogP contribution in [0.15, 0.2) is 24.3 Å². The fourth-order valence-electron chi connectivity index (χ4n) is 3.29. The number of halogens is 3. The van der Waals surface area contributed by atoms with Gasteiger partial charge in [0.25, 0.3) is 6.43 Å². The maximum Gasteiger partial charge on any atom is 0.296 e. The van der Waals surface area contributed by atoms with Gasteiger partial charge in [-0.25, -0.2) is 13.8 Å². The van der Waals surface area contributed by atoms with Crippen LogP contribution in [-0.4, -0.2) is 45.0 Å². The number of fused-ring (bicyclic) bond motifs is 1. The third kappa shape index (κ3) is 3.43. The summed E-state index contributed by atoms with van der Waals surface area (Å²) < 4.78 is 34.0. The van der Waals surface area contributed by atoms with Gasteiger partial charge in [-0.2, -0.15) is 9.97 Å². The molecule has 0 amide bonds. The Morgan fingerprint density at radius 3 is 2.68 bits per heavy atom. The van der Waals surface area contributed by atoms with Crippen LogP contribution in [0.4, 0.5) is 14.6 Å². The average Bonchev–Trinajstić information content (AvgIpc) is 3.08. The van der Waals surface area contributed by atoms with E-state index in [1.807, 2.05) is 0 Å². The first-order valence-corrected chi connectivity index (χ1v) is 9.14. The molecule has 2 aromatic heterocycles. The standard InChI is InChI=1S/C18H17ClF2N6O/c19-18-25-15(23-10-5-7-28-8-6-10)11(9-22)16(26-18)27-13-4-2-1-3-12(13)24-17(27)14(20)21/h1-4,9-10,14,22H,5-8H2,(H,23,25,26). The summed E-state index contributed by atoms with van der Waals surface area (Å²) in [5, 5.41) is 11.0. The molecule has 28 heavy (non-hydrogen) atoms. The van der Waals surface area contributed by atoms with Crippen LogP contribution >= 0.6 is 11.6 Å². The highest BCUT2D eigenvalue weighted by atomic mass is 35.5. The zero-order valence-electron chi connectivity index (χ0n) is 14.7. The lowest BCUT2D eigenvalue weighted by Gasteiger charge is -2.25. The van der Waals surface area contributed by atoms with E-state index in [0.717, 1.165) is 19.1 Å². The van der Waals surface area contributed by atoms with Gasteiger partial charge in [-0.1, -0.05) is 12.1 Å². The fraction of sp³-hybridized carbons (Fsp3) is 0.333. The fourth-order valence-corrected chi connectivity index (χ4v) is 3.46. The second-order valence-corrected chi connectivity index (χ2v) is 6.69. The van der Waals surface area contributed by atoms with Gasteiger partial charge < -0.3 is 15.5 Å². The van der Waals surface area contributed by atoms with Crippen molar-refractivity contribution in [1.82, 2.24) is 19.5 Å². The molecule has 0 unspecified atom stereocenters. The summed E-state index contributed by atoms with van der Waals surface area (Å²) in [5.74, 6) is -0.0421. The second kappa shape index (κ2) is 7.76. The van der Waals surface area contributed by atoms with Crippen LogP contribution in [0, 0.1) is 5.41 Å². The van der Waals surface area contributed by atoms with Crippen molar-refractivity contribution in [3.8, 4) is 5.82 Å². The minimum atomic E-state index is -2.83. The van der Waals surface area contributed by atoms with E-state index in [9.17, 15) is 8.78 Å². The summed E-state index contributed by atoms with van der Waals surface area (Å²) >= 11 is 6.11. The number of benzene rings is 1. The molecule has 146 valence electrons. The summed E-state index contributed by atoms with van der Waals surface area (Å²) in [5.41, 5.74) is 1.12. The van der Waals surface area contributed by atoms with Gasteiger partial charge in [-0.3, -0.25) is 4.57 Å². The molecular weight excluding hydrogens is 390 g/mol. The molecule has 1 fully saturated rings. The van der Waals surface area contributed by atoms with E-state index in [0.29, 0.717) is 30.1 Å². The largest absolute Gasteiger partial charge is 0.381 e. The number of anilines is 1. The number of imidazole rings is 1. The maximum atomic E-state index is 13.7. The lowest BCUT2D eigenvalue weighted by atomic mass is 10.1. The predicted molar refractivity (Wildman–Crippen MR) is 102 cm³/mol. The topological polar surface area (TPSA) is 88.7 Å². The van der Waals surface area contributed by atoms with Gasteiger partial charge in [0.2, 0.25) is 5.28 Å². The van der Waals surface area contributed by atoms with E-state index in [2.05, 4.69) is 20.3 Å². The molecule has 0 aliphatic carbocycles. The molecule has 7 nitrogen and oxygen atoms in total. The van der Waals surface area contributed by atoms with E-state index >= 15 is 0 Å². The number of alkyl halides is 2. The molecule has 0 radical (unpaired) electrons. The number of nitrogens with one attached hydrogen (secondary N) is 2. The Hall–Kier alpha value is -2.65. The predicted octanol–water partition coefficient (Wildman–Crippen LogP) is 4.00. The minimum Gasteiger partial charge on any atom is -0.381 e. The molecule has 3 aromatic rings. The van der Waals surface area contributed by atoms with E-state index < -0.39 is 12.2 Å². The average molecular weight is 407 g/mol. The van der Waals surface area contributed by atoms with Crippen molar-refractivity contribution < 1.29 is 13.5 Å². The zero-order valence-corrected chi connectivity index (χ0v) is 15.5. The van der Waals surface area contributed by atoms with Crippen molar-refractivity contribution in [2.24, 2.45) is 0 Å². The van der Waals surface area contributed by atoms with Crippen molar-refractivity contribution >= 4 is 34.7 Å². The van der Waals surface area contributed by atoms with Gasteiger partial charge in [0.05, 0.1) is 16.6 Å². The Kier molecular flexibility index (Phi) is 5.19. The Bertz CT molecular complexity index is 1020. The van der Waals surface area contributed by atoms with Crippen LogP contribution in [0.25, 0.3) is 16.9 Å². The summed E-state index contributed by atoms with van der Waals surface area (Å²) in [4.78, 5) is 12.4. The highest BCUT2D eigenvalue weighted by Crippen LogP contribution is 2.31. The number of nitrogens with zero attached hydrogens (tertiary/aromatic N) is 4. The number of rotatable bonds is 5. The number of aromatic nitrogens is 4. The molecule has 10 heteroatoms. The number of para-hydroxylation sites is 2.